The van der Waals surface area contributed by atoms with Crippen molar-refractivity contribution in [2.45, 2.75) is 38.5 Å². The van der Waals surface area contributed by atoms with E-state index in [2.05, 4.69) is 5.32 Å². The average molecular weight is 234 g/mol. The molecular formula is C9H15FN2O4. The highest BCUT2D eigenvalue weighted by atomic mass is 19.1. The zero-order chi connectivity index (χ0) is 12.5. The molecule has 2 N–H and O–H groups in total. The summed E-state index contributed by atoms with van der Waals surface area (Å²) in [5, 5.41) is 11.4. The Hall–Kier alpha value is -1.37. The molecule has 7 heteroatoms. The summed E-state index contributed by atoms with van der Waals surface area (Å²) >= 11 is 0. The molecule has 0 aromatic heterocycles. The number of amides is 2. The van der Waals surface area contributed by atoms with Gasteiger partial charge in [0.15, 0.2) is 0 Å². The molecule has 1 rings (SSSR count). The summed E-state index contributed by atoms with van der Waals surface area (Å²) < 4.78 is 17.2. The van der Waals surface area contributed by atoms with E-state index >= 15 is 0 Å². The standard InChI is InChI=1S/C9H15FN2O4/c1-9(2,3)16-8(14)11-6-5(4-10)12(15)7(6)13/h5-6,15H,4H2,1-3H3,(H,11,14)/t5-,6-/m0/s1. The molecule has 2 atom stereocenters. The molecule has 1 aliphatic rings. The molecule has 0 spiro atoms. The van der Waals surface area contributed by atoms with Gasteiger partial charge in [0.1, 0.15) is 24.4 Å². The quantitative estimate of drug-likeness (QED) is 0.537. The highest BCUT2D eigenvalue weighted by Crippen LogP contribution is 2.18. The Labute approximate surface area is 92.3 Å². The first kappa shape index (κ1) is 12.7. The number of alkyl halides is 1. The van der Waals surface area contributed by atoms with Crippen LogP contribution in [0.15, 0.2) is 0 Å². The molecule has 2 amide bonds. The largest absolute Gasteiger partial charge is 0.444 e. The fourth-order valence-electron chi connectivity index (χ4n) is 1.28. The van der Waals surface area contributed by atoms with E-state index in [9.17, 15) is 14.0 Å². The molecule has 1 fully saturated rings. The first-order valence-electron chi connectivity index (χ1n) is 4.83. The summed E-state index contributed by atoms with van der Waals surface area (Å²) in [5.41, 5.74) is -0.693. The van der Waals surface area contributed by atoms with Crippen LogP contribution in [0.4, 0.5) is 9.18 Å². The molecule has 0 aromatic carbocycles. The van der Waals surface area contributed by atoms with Crippen LogP contribution in [-0.2, 0) is 9.53 Å². The molecule has 0 saturated carbocycles. The number of hydrogen-bond donors (Lipinski definition) is 2. The van der Waals surface area contributed by atoms with Gasteiger partial charge >= 0.3 is 6.09 Å². The van der Waals surface area contributed by atoms with E-state index in [4.69, 9.17) is 9.94 Å². The fraction of sp³-hybridized carbons (Fsp3) is 0.778. The van der Waals surface area contributed by atoms with Crippen molar-refractivity contribution in [3.05, 3.63) is 0 Å². The third-order valence-corrected chi connectivity index (χ3v) is 2.02. The molecular weight excluding hydrogens is 219 g/mol. The average Bonchev–Trinajstić information content (AvgIpc) is 2.14. The maximum absolute atomic E-state index is 12.4. The lowest BCUT2D eigenvalue weighted by Crippen LogP contribution is -2.70. The first-order valence-corrected chi connectivity index (χ1v) is 4.83. The lowest BCUT2D eigenvalue weighted by Gasteiger charge is -2.40. The monoisotopic (exact) mass is 234 g/mol. The number of alkyl carbamates (subject to hydrolysis) is 1. The number of carbonyl (C=O) groups is 2. The molecule has 16 heavy (non-hydrogen) atoms. The minimum atomic E-state index is -1.05. The Bertz CT molecular complexity index is 302. The van der Waals surface area contributed by atoms with Crippen molar-refractivity contribution in [3.63, 3.8) is 0 Å². The fourth-order valence-corrected chi connectivity index (χ4v) is 1.28. The highest BCUT2D eigenvalue weighted by Gasteiger charge is 2.48. The van der Waals surface area contributed by atoms with E-state index < -0.39 is 36.4 Å². The normalized spacial score (nSPS) is 25.1. The smallest absolute Gasteiger partial charge is 0.408 e. The third-order valence-electron chi connectivity index (χ3n) is 2.02. The van der Waals surface area contributed by atoms with E-state index in [0.717, 1.165) is 0 Å². The minimum absolute atomic E-state index is 0.266. The van der Waals surface area contributed by atoms with E-state index in [1.54, 1.807) is 20.8 Å². The highest BCUT2D eigenvalue weighted by molar-refractivity contribution is 5.91. The SMILES string of the molecule is CC(C)(C)OC(=O)N[C@@H]1C(=O)N(O)[C@H]1CF. The number of hydroxylamine groups is 2. The van der Waals surface area contributed by atoms with Crippen molar-refractivity contribution in [2.24, 2.45) is 0 Å². The number of nitrogens with one attached hydrogen (secondary N) is 1. The van der Waals surface area contributed by atoms with Gasteiger partial charge in [-0.05, 0) is 20.8 Å². The lowest BCUT2D eigenvalue weighted by atomic mass is 10.00. The van der Waals surface area contributed by atoms with Gasteiger partial charge in [-0.3, -0.25) is 10.0 Å². The molecule has 1 heterocycles. The summed E-state index contributed by atoms with van der Waals surface area (Å²) in [5.74, 6) is -0.742. The van der Waals surface area contributed by atoms with Crippen molar-refractivity contribution >= 4 is 12.0 Å². The number of halogens is 1. The van der Waals surface area contributed by atoms with Gasteiger partial charge in [-0.1, -0.05) is 0 Å². The molecule has 0 radical (unpaired) electrons. The van der Waals surface area contributed by atoms with Crippen LogP contribution in [0.5, 0.6) is 0 Å². The van der Waals surface area contributed by atoms with Crippen molar-refractivity contribution in [2.75, 3.05) is 6.67 Å². The predicted molar refractivity (Wildman–Crippen MR) is 51.6 cm³/mol. The van der Waals surface area contributed by atoms with Gasteiger partial charge in [-0.25, -0.2) is 14.2 Å². The van der Waals surface area contributed by atoms with Gasteiger partial charge < -0.3 is 10.1 Å². The third kappa shape index (κ3) is 2.60. The van der Waals surface area contributed by atoms with Gasteiger partial charge in [-0.2, -0.15) is 0 Å². The molecule has 0 bridgehead atoms. The molecule has 92 valence electrons. The van der Waals surface area contributed by atoms with Crippen LogP contribution in [0.1, 0.15) is 20.8 Å². The van der Waals surface area contributed by atoms with E-state index in [1.165, 1.54) is 0 Å². The Balaban J connectivity index is 2.49. The van der Waals surface area contributed by atoms with E-state index in [1.807, 2.05) is 0 Å². The lowest BCUT2D eigenvalue weighted by molar-refractivity contribution is -0.211. The topological polar surface area (TPSA) is 78.9 Å². The van der Waals surface area contributed by atoms with Crippen LogP contribution in [-0.4, -0.2) is 46.6 Å². The van der Waals surface area contributed by atoms with Crippen LogP contribution >= 0.6 is 0 Å². The number of carbonyl (C=O) groups excluding carboxylic acids is 2. The number of β-lactam (4-membered cyclic amide) rings is 1. The van der Waals surface area contributed by atoms with Crippen LogP contribution in [0.2, 0.25) is 0 Å². The summed E-state index contributed by atoms with van der Waals surface area (Å²) in [7, 11) is 0. The van der Waals surface area contributed by atoms with Gasteiger partial charge in [0.2, 0.25) is 0 Å². The summed E-state index contributed by atoms with van der Waals surface area (Å²) in [6, 6.07) is -2.08. The molecule has 0 unspecified atom stereocenters. The van der Waals surface area contributed by atoms with Crippen LogP contribution in [0, 0.1) is 0 Å². The van der Waals surface area contributed by atoms with Gasteiger partial charge in [0, 0.05) is 0 Å². The summed E-state index contributed by atoms with van der Waals surface area (Å²) in [6.07, 6.45) is -0.808. The van der Waals surface area contributed by atoms with Crippen LogP contribution in [0.3, 0.4) is 0 Å². The molecule has 0 aliphatic carbocycles. The van der Waals surface area contributed by atoms with Crippen LogP contribution in [0.25, 0.3) is 0 Å². The van der Waals surface area contributed by atoms with E-state index in [0.29, 0.717) is 0 Å². The molecule has 6 nitrogen and oxygen atoms in total. The number of nitrogens with zero attached hydrogens (tertiary/aromatic N) is 1. The summed E-state index contributed by atoms with van der Waals surface area (Å²) in [4.78, 5) is 22.3. The minimum Gasteiger partial charge on any atom is -0.444 e. The van der Waals surface area contributed by atoms with Gasteiger partial charge in [0.05, 0.1) is 0 Å². The molecule has 1 saturated heterocycles. The van der Waals surface area contributed by atoms with Gasteiger partial charge in [0.25, 0.3) is 5.91 Å². The Morgan fingerprint density at radius 3 is 2.62 bits per heavy atom. The predicted octanol–water partition coefficient (Wildman–Crippen LogP) is 0.449. The van der Waals surface area contributed by atoms with Crippen molar-refractivity contribution in [1.82, 2.24) is 10.4 Å². The molecule has 1 aliphatic heterocycles. The number of ether oxygens (including phenoxy) is 1. The Morgan fingerprint density at radius 2 is 2.19 bits per heavy atom. The van der Waals surface area contributed by atoms with Crippen molar-refractivity contribution in [3.8, 4) is 0 Å². The zero-order valence-electron chi connectivity index (χ0n) is 9.36. The maximum Gasteiger partial charge on any atom is 0.408 e. The zero-order valence-corrected chi connectivity index (χ0v) is 9.36. The van der Waals surface area contributed by atoms with E-state index in [-0.39, 0.29) is 5.06 Å². The number of rotatable bonds is 2. The maximum atomic E-state index is 12.4. The summed E-state index contributed by atoms with van der Waals surface area (Å²) in [6.45, 7) is 4.07. The number of hydrogen-bond acceptors (Lipinski definition) is 4. The Morgan fingerprint density at radius 1 is 1.62 bits per heavy atom. The second-order valence-corrected chi connectivity index (χ2v) is 4.53. The second-order valence-electron chi connectivity index (χ2n) is 4.53. The van der Waals surface area contributed by atoms with Crippen molar-refractivity contribution < 1.29 is 23.9 Å². The van der Waals surface area contributed by atoms with Crippen molar-refractivity contribution in [1.29, 1.82) is 0 Å². The second kappa shape index (κ2) is 4.25. The Kier molecular flexibility index (Phi) is 3.37. The first-order chi connectivity index (χ1) is 7.26. The molecule has 0 aromatic rings. The van der Waals surface area contributed by atoms with Crippen LogP contribution < -0.4 is 5.32 Å². The van der Waals surface area contributed by atoms with Gasteiger partial charge in [-0.15, -0.1) is 0 Å².